The van der Waals surface area contributed by atoms with E-state index in [1.807, 2.05) is 24.1 Å². The van der Waals surface area contributed by atoms with E-state index in [9.17, 15) is 4.79 Å². The summed E-state index contributed by atoms with van der Waals surface area (Å²) in [5, 5.41) is 6.44. The van der Waals surface area contributed by atoms with Crippen molar-refractivity contribution in [1.29, 1.82) is 0 Å². The van der Waals surface area contributed by atoms with E-state index in [2.05, 4.69) is 21.0 Å². The molecule has 1 aromatic rings. The van der Waals surface area contributed by atoms with Crippen LogP contribution in [-0.2, 0) is 9.53 Å². The van der Waals surface area contributed by atoms with Crippen molar-refractivity contribution in [2.75, 3.05) is 53.6 Å². The van der Waals surface area contributed by atoms with Crippen LogP contribution in [0, 0.1) is 0 Å². The van der Waals surface area contributed by atoms with Gasteiger partial charge in [0, 0.05) is 14.1 Å². The molecule has 1 aliphatic rings. The van der Waals surface area contributed by atoms with Crippen molar-refractivity contribution >= 4 is 28.1 Å². The zero-order valence-electron chi connectivity index (χ0n) is 14.8. The molecule has 1 amide bonds. The summed E-state index contributed by atoms with van der Waals surface area (Å²) < 4.78 is 17.4. The van der Waals surface area contributed by atoms with Gasteiger partial charge in [-0.05, 0) is 40.5 Å². The Morgan fingerprint density at radius 3 is 2.72 bits per heavy atom. The maximum atomic E-state index is 11.7. The number of hydrogen-bond acceptors (Lipinski definition) is 6. The SMILES string of the molecule is CCOc1cc(C=NN2CCOCC2)cc(Br)c1OCC(=O)N(C)C. The van der Waals surface area contributed by atoms with Gasteiger partial charge in [0.25, 0.3) is 5.91 Å². The highest BCUT2D eigenvalue weighted by Crippen LogP contribution is 2.36. The first-order chi connectivity index (χ1) is 12.0. The lowest BCUT2D eigenvalue weighted by Crippen LogP contribution is -2.32. The monoisotopic (exact) mass is 413 g/mol. The fourth-order valence-electron chi connectivity index (χ4n) is 2.15. The van der Waals surface area contributed by atoms with Gasteiger partial charge >= 0.3 is 0 Å². The van der Waals surface area contributed by atoms with Crippen LogP contribution in [0.4, 0.5) is 0 Å². The lowest BCUT2D eigenvalue weighted by atomic mass is 10.2. The number of rotatable bonds is 7. The second kappa shape index (κ2) is 9.62. The number of benzene rings is 1. The smallest absolute Gasteiger partial charge is 0.259 e. The van der Waals surface area contributed by atoms with Gasteiger partial charge < -0.3 is 19.1 Å². The number of likely N-dealkylation sites (N-methyl/N-ethyl adjacent to an activating group) is 1. The molecule has 0 N–H and O–H groups in total. The van der Waals surface area contributed by atoms with Crippen molar-refractivity contribution in [3.63, 3.8) is 0 Å². The Labute approximate surface area is 156 Å². The van der Waals surface area contributed by atoms with E-state index in [0.717, 1.165) is 18.7 Å². The summed E-state index contributed by atoms with van der Waals surface area (Å²) in [7, 11) is 3.38. The van der Waals surface area contributed by atoms with E-state index in [4.69, 9.17) is 14.2 Å². The molecule has 1 heterocycles. The molecule has 0 spiro atoms. The first-order valence-corrected chi connectivity index (χ1v) is 8.96. The van der Waals surface area contributed by atoms with Crippen LogP contribution in [0.3, 0.4) is 0 Å². The molecule has 25 heavy (non-hydrogen) atoms. The second-order valence-electron chi connectivity index (χ2n) is 5.65. The first-order valence-electron chi connectivity index (χ1n) is 8.17. The first kappa shape index (κ1) is 19.5. The van der Waals surface area contributed by atoms with Crippen LogP contribution in [0.5, 0.6) is 11.5 Å². The summed E-state index contributed by atoms with van der Waals surface area (Å²) in [5.41, 5.74) is 0.883. The number of amides is 1. The Hall–Kier alpha value is -1.80. The summed E-state index contributed by atoms with van der Waals surface area (Å²) >= 11 is 3.50. The average Bonchev–Trinajstić information content (AvgIpc) is 2.60. The van der Waals surface area contributed by atoms with Crippen molar-refractivity contribution in [2.45, 2.75) is 6.92 Å². The lowest BCUT2D eigenvalue weighted by Gasteiger charge is -2.23. The Morgan fingerprint density at radius 2 is 2.08 bits per heavy atom. The van der Waals surface area contributed by atoms with Crippen molar-refractivity contribution in [3.8, 4) is 11.5 Å². The second-order valence-corrected chi connectivity index (χ2v) is 6.50. The van der Waals surface area contributed by atoms with Gasteiger partial charge in [-0.1, -0.05) is 0 Å². The average molecular weight is 414 g/mol. The lowest BCUT2D eigenvalue weighted by molar-refractivity contribution is -0.130. The van der Waals surface area contributed by atoms with E-state index < -0.39 is 0 Å². The minimum absolute atomic E-state index is 0.0487. The molecule has 138 valence electrons. The van der Waals surface area contributed by atoms with Gasteiger partial charge in [0.15, 0.2) is 18.1 Å². The molecule has 0 unspecified atom stereocenters. The van der Waals surface area contributed by atoms with Gasteiger partial charge in [0.1, 0.15) is 0 Å². The highest BCUT2D eigenvalue weighted by Gasteiger charge is 2.15. The van der Waals surface area contributed by atoms with Crippen molar-refractivity contribution < 1.29 is 19.0 Å². The maximum Gasteiger partial charge on any atom is 0.259 e. The minimum Gasteiger partial charge on any atom is -0.490 e. The highest BCUT2D eigenvalue weighted by molar-refractivity contribution is 9.10. The predicted octanol–water partition coefficient (Wildman–Crippen LogP) is 1.98. The van der Waals surface area contributed by atoms with Crippen LogP contribution in [0.15, 0.2) is 21.7 Å². The Balaban J connectivity index is 2.14. The van der Waals surface area contributed by atoms with Gasteiger partial charge in [0.2, 0.25) is 0 Å². The van der Waals surface area contributed by atoms with Gasteiger partial charge in [-0.25, -0.2) is 0 Å². The molecule has 1 fully saturated rings. The molecule has 1 aromatic carbocycles. The zero-order chi connectivity index (χ0) is 18.2. The number of hydrazone groups is 1. The normalized spacial score (nSPS) is 14.6. The summed E-state index contributed by atoms with van der Waals surface area (Å²) in [6, 6.07) is 3.75. The maximum absolute atomic E-state index is 11.7. The molecular formula is C17H24BrN3O4. The van der Waals surface area contributed by atoms with E-state index in [1.165, 1.54) is 4.90 Å². The van der Waals surface area contributed by atoms with Crippen molar-refractivity contribution in [1.82, 2.24) is 9.91 Å². The third-order valence-corrected chi connectivity index (χ3v) is 4.12. The van der Waals surface area contributed by atoms with Crippen molar-refractivity contribution in [3.05, 3.63) is 22.2 Å². The van der Waals surface area contributed by atoms with Crippen LogP contribution < -0.4 is 9.47 Å². The third-order valence-electron chi connectivity index (χ3n) is 3.53. The molecule has 7 nitrogen and oxygen atoms in total. The van der Waals surface area contributed by atoms with Gasteiger partial charge in [-0.3, -0.25) is 9.80 Å². The number of halogens is 1. The Morgan fingerprint density at radius 1 is 1.36 bits per heavy atom. The number of ether oxygens (including phenoxy) is 3. The van der Waals surface area contributed by atoms with Crippen LogP contribution in [-0.4, -0.2) is 75.6 Å². The molecule has 0 saturated carbocycles. The van der Waals surface area contributed by atoms with E-state index >= 15 is 0 Å². The summed E-state index contributed by atoms with van der Waals surface area (Å²) in [4.78, 5) is 13.2. The molecule has 8 heteroatoms. The molecule has 1 aliphatic heterocycles. The molecule has 0 aromatic heterocycles. The number of carbonyl (C=O) groups excluding carboxylic acids is 1. The molecule has 1 saturated heterocycles. The van der Waals surface area contributed by atoms with Crippen LogP contribution in [0.25, 0.3) is 0 Å². The fraction of sp³-hybridized carbons (Fsp3) is 0.529. The van der Waals surface area contributed by atoms with E-state index in [1.54, 1.807) is 20.3 Å². The van der Waals surface area contributed by atoms with E-state index in [-0.39, 0.29) is 12.5 Å². The topological polar surface area (TPSA) is 63.6 Å². The van der Waals surface area contributed by atoms with Gasteiger partial charge in [-0.2, -0.15) is 5.10 Å². The predicted molar refractivity (Wildman–Crippen MR) is 99.5 cm³/mol. The Bertz CT molecular complexity index is 616. The van der Waals surface area contributed by atoms with Crippen LogP contribution in [0.1, 0.15) is 12.5 Å². The number of nitrogens with zero attached hydrogens (tertiary/aromatic N) is 3. The fourth-order valence-corrected chi connectivity index (χ4v) is 2.72. The zero-order valence-corrected chi connectivity index (χ0v) is 16.4. The molecule has 2 rings (SSSR count). The highest BCUT2D eigenvalue weighted by atomic mass is 79.9. The quantitative estimate of drug-likeness (QED) is 0.639. The van der Waals surface area contributed by atoms with Gasteiger partial charge in [0.05, 0.1) is 43.6 Å². The summed E-state index contributed by atoms with van der Waals surface area (Å²) in [5.74, 6) is 0.972. The minimum atomic E-state index is -0.118. The van der Waals surface area contributed by atoms with Crippen LogP contribution >= 0.6 is 15.9 Å². The van der Waals surface area contributed by atoms with Crippen molar-refractivity contribution in [2.24, 2.45) is 5.10 Å². The number of carbonyl (C=O) groups is 1. The van der Waals surface area contributed by atoms with E-state index in [0.29, 0.717) is 35.8 Å². The molecular weight excluding hydrogens is 390 g/mol. The van der Waals surface area contributed by atoms with Crippen LogP contribution in [0.2, 0.25) is 0 Å². The molecule has 0 atom stereocenters. The number of hydrogen-bond donors (Lipinski definition) is 0. The molecule has 0 radical (unpaired) electrons. The Kier molecular flexibility index (Phi) is 7.52. The van der Waals surface area contributed by atoms with Gasteiger partial charge in [-0.15, -0.1) is 0 Å². The molecule has 0 bridgehead atoms. The summed E-state index contributed by atoms with van der Waals surface area (Å²) in [6.07, 6.45) is 1.79. The largest absolute Gasteiger partial charge is 0.490 e. The number of morpholine rings is 1. The standard InChI is InChI=1S/C17H24BrN3O4/c1-4-24-15-10-13(11-19-21-5-7-23-8-6-21)9-14(18)17(15)25-12-16(22)20(2)3/h9-11H,4-8,12H2,1-3H3. The summed E-state index contributed by atoms with van der Waals surface area (Å²) in [6.45, 7) is 5.29. The molecule has 0 aliphatic carbocycles. The third kappa shape index (κ3) is 5.89.